The lowest BCUT2D eigenvalue weighted by molar-refractivity contribution is -0.136. The zero-order valence-electron chi connectivity index (χ0n) is 11.7. The number of amides is 2. The Bertz CT molecular complexity index is 364. The summed E-state index contributed by atoms with van der Waals surface area (Å²) in [5, 5.41) is 0. The Morgan fingerprint density at radius 2 is 1.89 bits per heavy atom. The number of carbonyl (C=O) groups excluding carboxylic acids is 2. The van der Waals surface area contributed by atoms with Gasteiger partial charge in [-0.05, 0) is 51.5 Å². The molecule has 0 aromatic rings. The lowest BCUT2D eigenvalue weighted by Crippen LogP contribution is -2.41. The standard InChI is InChI=1S/C14H25N3O2/c1-14(13(16)19)6-7-17(9-14)12(18)11-4-2-10(8-15)3-5-11/h10-11H,2-9,15H2,1H3,(H2,16,19). The molecular weight excluding hydrogens is 242 g/mol. The van der Waals surface area contributed by atoms with Crippen molar-refractivity contribution in [3.8, 4) is 0 Å². The Balaban J connectivity index is 1.90. The summed E-state index contributed by atoms with van der Waals surface area (Å²) < 4.78 is 0. The average molecular weight is 267 g/mol. The maximum Gasteiger partial charge on any atom is 0.225 e. The van der Waals surface area contributed by atoms with Crippen LogP contribution in [0.4, 0.5) is 0 Å². The molecule has 2 amide bonds. The van der Waals surface area contributed by atoms with Crippen LogP contribution in [0.5, 0.6) is 0 Å². The molecule has 2 aliphatic rings. The Morgan fingerprint density at radius 3 is 2.37 bits per heavy atom. The third-order valence-electron chi connectivity index (χ3n) is 4.91. The fourth-order valence-electron chi connectivity index (χ4n) is 3.25. The van der Waals surface area contributed by atoms with Crippen LogP contribution in [0.1, 0.15) is 39.0 Å². The van der Waals surface area contributed by atoms with Gasteiger partial charge in [-0.2, -0.15) is 0 Å². The van der Waals surface area contributed by atoms with E-state index >= 15 is 0 Å². The summed E-state index contributed by atoms with van der Waals surface area (Å²) in [5.74, 6) is 0.617. The normalized spacial score (nSPS) is 35.4. The second kappa shape index (κ2) is 5.49. The van der Waals surface area contributed by atoms with Crippen LogP contribution < -0.4 is 11.5 Å². The molecule has 1 atom stereocenters. The van der Waals surface area contributed by atoms with Crippen molar-refractivity contribution in [2.24, 2.45) is 28.7 Å². The summed E-state index contributed by atoms with van der Waals surface area (Å²) in [5.41, 5.74) is 10.5. The molecule has 108 valence electrons. The summed E-state index contributed by atoms with van der Waals surface area (Å²) in [7, 11) is 0. The monoisotopic (exact) mass is 267 g/mol. The third-order valence-corrected chi connectivity index (χ3v) is 4.91. The fraction of sp³-hybridized carbons (Fsp3) is 0.857. The van der Waals surface area contributed by atoms with Gasteiger partial charge in [0.25, 0.3) is 0 Å². The molecule has 19 heavy (non-hydrogen) atoms. The van der Waals surface area contributed by atoms with Gasteiger partial charge >= 0.3 is 0 Å². The van der Waals surface area contributed by atoms with E-state index in [-0.39, 0.29) is 17.7 Å². The van der Waals surface area contributed by atoms with E-state index in [0.29, 0.717) is 25.4 Å². The van der Waals surface area contributed by atoms with E-state index in [2.05, 4.69) is 0 Å². The number of nitrogens with zero attached hydrogens (tertiary/aromatic N) is 1. The van der Waals surface area contributed by atoms with E-state index in [0.717, 1.165) is 32.2 Å². The van der Waals surface area contributed by atoms with E-state index in [4.69, 9.17) is 11.5 Å². The summed E-state index contributed by atoms with van der Waals surface area (Å²) in [6.45, 7) is 3.73. The number of likely N-dealkylation sites (tertiary alicyclic amines) is 1. The van der Waals surface area contributed by atoms with Crippen LogP contribution in [0.25, 0.3) is 0 Å². The first kappa shape index (κ1) is 14.3. The summed E-state index contributed by atoms with van der Waals surface area (Å²) >= 11 is 0. The highest BCUT2D eigenvalue weighted by Gasteiger charge is 2.42. The molecule has 1 aliphatic heterocycles. The van der Waals surface area contributed by atoms with Gasteiger partial charge in [-0.1, -0.05) is 0 Å². The molecule has 0 aromatic heterocycles. The highest BCUT2D eigenvalue weighted by molar-refractivity contribution is 5.84. The SMILES string of the molecule is CC1(C(N)=O)CCN(C(=O)C2CCC(CN)CC2)C1. The summed E-state index contributed by atoms with van der Waals surface area (Å²) in [4.78, 5) is 25.7. The molecule has 1 heterocycles. The number of nitrogens with two attached hydrogens (primary N) is 2. The number of hydrogen-bond acceptors (Lipinski definition) is 3. The maximum atomic E-state index is 12.4. The van der Waals surface area contributed by atoms with E-state index in [9.17, 15) is 9.59 Å². The van der Waals surface area contributed by atoms with Crippen molar-refractivity contribution in [3.63, 3.8) is 0 Å². The van der Waals surface area contributed by atoms with Crippen LogP contribution in [0.3, 0.4) is 0 Å². The minimum atomic E-state index is -0.538. The van der Waals surface area contributed by atoms with Gasteiger partial charge in [0.05, 0.1) is 5.41 Å². The van der Waals surface area contributed by atoms with E-state index in [1.165, 1.54) is 0 Å². The van der Waals surface area contributed by atoms with Gasteiger partial charge in [-0.25, -0.2) is 0 Å². The molecule has 2 fully saturated rings. The van der Waals surface area contributed by atoms with Crippen molar-refractivity contribution < 1.29 is 9.59 Å². The second-order valence-corrected chi connectivity index (χ2v) is 6.39. The van der Waals surface area contributed by atoms with Crippen LogP contribution in [-0.4, -0.2) is 36.3 Å². The lowest BCUT2D eigenvalue weighted by atomic mass is 9.81. The van der Waals surface area contributed by atoms with Crippen molar-refractivity contribution >= 4 is 11.8 Å². The van der Waals surface area contributed by atoms with Gasteiger partial charge in [-0.15, -0.1) is 0 Å². The van der Waals surface area contributed by atoms with Crippen molar-refractivity contribution in [3.05, 3.63) is 0 Å². The molecule has 0 bridgehead atoms. The average Bonchev–Trinajstić information content (AvgIpc) is 2.82. The molecule has 1 saturated heterocycles. The Morgan fingerprint density at radius 1 is 1.26 bits per heavy atom. The lowest BCUT2D eigenvalue weighted by Gasteiger charge is -2.30. The Labute approximate surface area is 114 Å². The highest BCUT2D eigenvalue weighted by atomic mass is 16.2. The van der Waals surface area contributed by atoms with Crippen molar-refractivity contribution in [2.75, 3.05) is 19.6 Å². The molecule has 5 nitrogen and oxygen atoms in total. The van der Waals surface area contributed by atoms with E-state index < -0.39 is 5.41 Å². The van der Waals surface area contributed by atoms with Crippen molar-refractivity contribution in [1.29, 1.82) is 0 Å². The van der Waals surface area contributed by atoms with Gasteiger partial charge in [-0.3, -0.25) is 9.59 Å². The predicted octanol–water partition coefficient (Wildman–Crippen LogP) is 0.475. The molecule has 4 N–H and O–H groups in total. The van der Waals surface area contributed by atoms with E-state index in [1.54, 1.807) is 0 Å². The zero-order chi connectivity index (χ0) is 14.0. The summed E-state index contributed by atoms with van der Waals surface area (Å²) in [6, 6.07) is 0. The minimum absolute atomic E-state index is 0.123. The number of rotatable bonds is 3. The Kier molecular flexibility index (Phi) is 4.13. The second-order valence-electron chi connectivity index (χ2n) is 6.39. The molecule has 2 rings (SSSR count). The first-order valence-corrected chi connectivity index (χ1v) is 7.25. The molecule has 0 spiro atoms. The third kappa shape index (κ3) is 2.91. The molecule has 1 saturated carbocycles. The first-order valence-electron chi connectivity index (χ1n) is 7.25. The van der Waals surface area contributed by atoms with Crippen LogP contribution in [-0.2, 0) is 9.59 Å². The smallest absolute Gasteiger partial charge is 0.225 e. The molecule has 0 radical (unpaired) electrons. The Hall–Kier alpha value is -1.10. The first-order chi connectivity index (χ1) is 8.96. The topological polar surface area (TPSA) is 89.4 Å². The summed E-state index contributed by atoms with van der Waals surface area (Å²) in [6.07, 6.45) is 4.66. The van der Waals surface area contributed by atoms with Gasteiger partial charge in [0.15, 0.2) is 0 Å². The number of hydrogen-bond donors (Lipinski definition) is 2. The van der Waals surface area contributed by atoms with Crippen molar-refractivity contribution in [2.45, 2.75) is 39.0 Å². The van der Waals surface area contributed by atoms with Crippen molar-refractivity contribution in [1.82, 2.24) is 4.90 Å². The van der Waals surface area contributed by atoms with Gasteiger partial charge in [0.1, 0.15) is 0 Å². The minimum Gasteiger partial charge on any atom is -0.369 e. The molecule has 1 unspecified atom stereocenters. The quantitative estimate of drug-likeness (QED) is 0.779. The highest BCUT2D eigenvalue weighted by Crippen LogP contribution is 2.34. The molecular formula is C14H25N3O2. The maximum absolute atomic E-state index is 12.4. The van der Waals surface area contributed by atoms with Gasteiger partial charge in [0, 0.05) is 19.0 Å². The molecule has 0 aromatic carbocycles. The van der Waals surface area contributed by atoms with Crippen LogP contribution in [0.15, 0.2) is 0 Å². The molecule has 1 aliphatic carbocycles. The zero-order valence-corrected chi connectivity index (χ0v) is 11.7. The number of carbonyl (C=O) groups is 2. The van der Waals surface area contributed by atoms with Crippen LogP contribution >= 0.6 is 0 Å². The van der Waals surface area contributed by atoms with Crippen LogP contribution in [0.2, 0.25) is 0 Å². The molecule has 5 heteroatoms. The predicted molar refractivity (Wildman–Crippen MR) is 73.0 cm³/mol. The van der Waals surface area contributed by atoms with E-state index in [1.807, 2.05) is 11.8 Å². The van der Waals surface area contributed by atoms with Gasteiger partial charge in [0.2, 0.25) is 11.8 Å². The van der Waals surface area contributed by atoms with Crippen LogP contribution in [0, 0.1) is 17.3 Å². The fourth-order valence-corrected chi connectivity index (χ4v) is 3.25. The van der Waals surface area contributed by atoms with Gasteiger partial charge < -0.3 is 16.4 Å². The largest absolute Gasteiger partial charge is 0.369 e. The number of primary amides is 1.